The van der Waals surface area contributed by atoms with Crippen molar-refractivity contribution < 1.29 is 19.4 Å². The highest BCUT2D eigenvalue weighted by atomic mass is 16.5. The topological polar surface area (TPSA) is 75.6 Å². The molecule has 0 aromatic heterocycles. The van der Waals surface area contributed by atoms with Crippen molar-refractivity contribution in [1.82, 2.24) is 5.32 Å². The van der Waals surface area contributed by atoms with Crippen molar-refractivity contribution in [1.29, 1.82) is 0 Å². The number of carbonyl (C=O) groups is 2. The van der Waals surface area contributed by atoms with Crippen LogP contribution in [0.25, 0.3) is 0 Å². The summed E-state index contributed by atoms with van der Waals surface area (Å²) in [4.78, 5) is 23.0. The number of carboxylic acids is 1. The molecule has 0 heterocycles. The molecule has 0 spiro atoms. The molecule has 0 saturated heterocycles. The molecular weight excluding hydrogens is 234 g/mol. The van der Waals surface area contributed by atoms with E-state index in [4.69, 9.17) is 9.84 Å². The van der Waals surface area contributed by atoms with E-state index in [9.17, 15) is 9.59 Å². The zero-order valence-electron chi connectivity index (χ0n) is 11.3. The number of aliphatic carboxylic acids is 1. The van der Waals surface area contributed by atoms with Crippen LogP contribution >= 0.6 is 0 Å². The molecule has 5 nitrogen and oxygen atoms in total. The van der Waals surface area contributed by atoms with Crippen molar-refractivity contribution in [3.8, 4) is 0 Å². The second kappa shape index (κ2) is 6.73. The van der Waals surface area contributed by atoms with Gasteiger partial charge in [0, 0.05) is 13.0 Å². The van der Waals surface area contributed by atoms with Crippen LogP contribution in [-0.2, 0) is 14.3 Å². The number of amides is 1. The molecule has 0 aromatic carbocycles. The van der Waals surface area contributed by atoms with Crippen LogP contribution < -0.4 is 5.32 Å². The molecule has 3 unspecified atom stereocenters. The lowest BCUT2D eigenvalue weighted by molar-refractivity contribution is -0.144. The third-order valence-corrected chi connectivity index (χ3v) is 3.84. The SMILES string of the molecule is COC(C)[C@H](C)NC(=O)C1CCCC(C(=O)O)C1. The third-order valence-electron chi connectivity index (χ3n) is 3.84. The molecule has 0 aromatic rings. The first kappa shape index (κ1) is 15.0. The van der Waals surface area contributed by atoms with Gasteiger partial charge in [0.25, 0.3) is 0 Å². The molecule has 1 amide bonds. The van der Waals surface area contributed by atoms with Crippen LogP contribution in [0.2, 0.25) is 0 Å². The molecule has 5 heteroatoms. The summed E-state index contributed by atoms with van der Waals surface area (Å²) in [5.74, 6) is -1.38. The minimum atomic E-state index is -0.786. The molecule has 0 bridgehead atoms. The second-order valence-electron chi connectivity index (χ2n) is 5.14. The minimum Gasteiger partial charge on any atom is -0.481 e. The highest BCUT2D eigenvalue weighted by Gasteiger charge is 2.31. The van der Waals surface area contributed by atoms with E-state index in [1.54, 1.807) is 7.11 Å². The van der Waals surface area contributed by atoms with Gasteiger partial charge in [-0.25, -0.2) is 0 Å². The lowest BCUT2D eigenvalue weighted by atomic mass is 9.81. The van der Waals surface area contributed by atoms with E-state index in [0.29, 0.717) is 12.8 Å². The van der Waals surface area contributed by atoms with Crippen molar-refractivity contribution in [2.75, 3.05) is 7.11 Å². The van der Waals surface area contributed by atoms with Crippen molar-refractivity contribution in [3.05, 3.63) is 0 Å². The Kier molecular flexibility index (Phi) is 5.59. The Morgan fingerprint density at radius 2 is 1.89 bits per heavy atom. The maximum absolute atomic E-state index is 12.0. The zero-order chi connectivity index (χ0) is 13.7. The van der Waals surface area contributed by atoms with Crippen LogP contribution in [0.5, 0.6) is 0 Å². The van der Waals surface area contributed by atoms with Crippen LogP contribution in [0, 0.1) is 11.8 Å². The average Bonchev–Trinajstić information content (AvgIpc) is 2.37. The van der Waals surface area contributed by atoms with Crippen LogP contribution in [0.4, 0.5) is 0 Å². The van der Waals surface area contributed by atoms with Crippen molar-refractivity contribution >= 4 is 11.9 Å². The van der Waals surface area contributed by atoms with Crippen LogP contribution in [0.1, 0.15) is 39.5 Å². The Hall–Kier alpha value is -1.10. The normalized spacial score (nSPS) is 27.3. The molecule has 0 radical (unpaired) electrons. The van der Waals surface area contributed by atoms with Crippen LogP contribution in [0.3, 0.4) is 0 Å². The van der Waals surface area contributed by atoms with Gasteiger partial charge in [0.05, 0.1) is 18.1 Å². The predicted octanol–water partition coefficient (Wildman–Crippen LogP) is 1.42. The molecule has 4 atom stereocenters. The summed E-state index contributed by atoms with van der Waals surface area (Å²) in [6.45, 7) is 3.79. The summed E-state index contributed by atoms with van der Waals surface area (Å²) in [5, 5.41) is 11.9. The molecule has 2 N–H and O–H groups in total. The number of carbonyl (C=O) groups excluding carboxylic acids is 1. The van der Waals surface area contributed by atoms with Gasteiger partial charge in [-0.15, -0.1) is 0 Å². The maximum atomic E-state index is 12.0. The number of methoxy groups -OCH3 is 1. The molecule has 1 aliphatic carbocycles. The Morgan fingerprint density at radius 1 is 1.28 bits per heavy atom. The van der Waals surface area contributed by atoms with Crippen LogP contribution in [0.15, 0.2) is 0 Å². The van der Waals surface area contributed by atoms with Crippen LogP contribution in [-0.4, -0.2) is 36.2 Å². The molecule has 18 heavy (non-hydrogen) atoms. The van der Waals surface area contributed by atoms with Crippen molar-refractivity contribution in [3.63, 3.8) is 0 Å². The van der Waals surface area contributed by atoms with Gasteiger partial charge in [-0.3, -0.25) is 9.59 Å². The molecule has 1 fully saturated rings. The highest BCUT2D eigenvalue weighted by molar-refractivity contribution is 5.80. The van der Waals surface area contributed by atoms with Gasteiger partial charge in [0.15, 0.2) is 0 Å². The highest BCUT2D eigenvalue weighted by Crippen LogP contribution is 2.29. The Morgan fingerprint density at radius 3 is 2.44 bits per heavy atom. The van der Waals surface area contributed by atoms with E-state index in [2.05, 4.69) is 5.32 Å². The van der Waals surface area contributed by atoms with E-state index in [1.807, 2.05) is 13.8 Å². The van der Waals surface area contributed by atoms with Crippen molar-refractivity contribution in [2.45, 2.75) is 51.7 Å². The first-order valence-electron chi connectivity index (χ1n) is 6.51. The van der Waals surface area contributed by atoms with Gasteiger partial charge in [-0.2, -0.15) is 0 Å². The van der Waals surface area contributed by atoms with Gasteiger partial charge in [0.2, 0.25) is 5.91 Å². The minimum absolute atomic E-state index is 0.0441. The number of nitrogens with one attached hydrogen (secondary N) is 1. The summed E-state index contributed by atoms with van der Waals surface area (Å²) in [7, 11) is 1.61. The van der Waals surface area contributed by atoms with E-state index < -0.39 is 5.97 Å². The molecule has 0 aliphatic heterocycles. The number of carboxylic acid groups (broad SMARTS) is 1. The maximum Gasteiger partial charge on any atom is 0.306 e. The summed E-state index contributed by atoms with van der Waals surface area (Å²) in [6.07, 6.45) is 2.68. The van der Waals surface area contributed by atoms with E-state index in [0.717, 1.165) is 12.8 Å². The summed E-state index contributed by atoms with van der Waals surface area (Å²) in [5.41, 5.74) is 0. The summed E-state index contributed by atoms with van der Waals surface area (Å²) >= 11 is 0. The van der Waals surface area contributed by atoms with Gasteiger partial charge in [-0.05, 0) is 33.1 Å². The van der Waals surface area contributed by atoms with Gasteiger partial charge < -0.3 is 15.2 Å². The number of hydrogen-bond acceptors (Lipinski definition) is 3. The first-order valence-corrected chi connectivity index (χ1v) is 6.51. The molecule has 1 rings (SSSR count). The number of hydrogen-bond donors (Lipinski definition) is 2. The van der Waals surface area contributed by atoms with Gasteiger partial charge in [-0.1, -0.05) is 6.42 Å². The van der Waals surface area contributed by atoms with Gasteiger partial charge >= 0.3 is 5.97 Å². The second-order valence-corrected chi connectivity index (χ2v) is 5.14. The van der Waals surface area contributed by atoms with E-state index in [1.165, 1.54) is 0 Å². The fourth-order valence-corrected chi connectivity index (χ4v) is 2.32. The summed E-state index contributed by atoms with van der Waals surface area (Å²) in [6, 6.07) is -0.0623. The number of rotatable bonds is 5. The Balaban J connectivity index is 2.48. The Bertz CT molecular complexity index is 305. The fraction of sp³-hybridized carbons (Fsp3) is 0.846. The smallest absolute Gasteiger partial charge is 0.306 e. The molecule has 1 saturated carbocycles. The van der Waals surface area contributed by atoms with Gasteiger partial charge in [0.1, 0.15) is 0 Å². The lowest BCUT2D eigenvalue weighted by Gasteiger charge is -2.28. The first-order chi connectivity index (χ1) is 8.45. The Labute approximate surface area is 108 Å². The van der Waals surface area contributed by atoms with E-state index >= 15 is 0 Å². The quantitative estimate of drug-likeness (QED) is 0.781. The standard InChI is InChI=1S/C13H23NO4/c1-8(9(2)18-3)14-12(15)10-5-4-6-11(7-10)13(16)17/h8-11H,4-7H2,1-3H3,(H,14,15)(H,16,17)/t8-,9?,10?,11?/m0/s1. The molecular formula is C13H23NO4. The summed E-state index contributed by atoms with van der Waals surface area (Å²) < 4.78 is 5.15. The fourth-order valence-electron chi connectivity index (χ4n) is 2.32. The molecule has 104 valence electrons. The average molecular weight is 257 g/mol. The predicted molar refractivity (Wildman–Crippen MR) is 67.2 cm³/mol. The zero-order valence-corrected chi connectivity index (χ0v) is 11.3. The molecule has 1 aliphatic rings. The van der Waals surface area contributed by atoms with Crippen molar-refractivity contribution in [2.24, 2.45) is 11.8 Å². The third kappa shape index (κ3) is 3.98. The lowest BCUT2D eigenvalue weighted by Crippen LogP contribution is -2.44. The van der Waals surface area contributed by atoms with E-state index in [-0.39, 0.29) is 29.9 Å². The number of ether oxygens (including phenoxy) is 1. The largest absolute Gasteiger partial charge is 0.481 e. The monoisotopic (exact) mass is 257 g/mol.